The molecule has 566 valence electrons. The van der Waals surface area contributed by atoms with Crippen molar-refractivity contribution in [2.75, 3.05) is 93.2 Å². The average Bonchev–Trinajstić information content (AvgIpc) is 1.65. The maximum Gasteiger partial charge on any atom is 0.410 e. The molecule has 4 aliphatic heterocycles. The van der Waals surface area contributed by atoms with Gasteiger partial charge in [-0.25, -0.2) is 9.59 Å². The van der Waals surface area contributed by atoms with Crippen LogP contribution in [0.15, 0.2) is 91.0 Å². The SMILES string of the molecule is CC[C@@H](C(=O)N[C@@H]1C(=O)N2[C@@H](CC[C@@H]1CO)CC[C@H]2C(=O)N[C@H](C(=O)NCCOCCOCCOCCNC(=O)COCC(=O)NC[C@H]1CC[C@H]2CC[C@@H](C(=O)NC(c3ccccc3)c3ccccc3)N2C(=O)[C@H]1NC(=O)[C@H](C)N(C)C(=O)OC(C)(C)C)c1ccccc1)N(C)C(=O)OC(C)(C)C. The van der Waals surface area contributed by atoms with Crippen molar-refractivity contribution in [3.8, 4) is 0 Å². The molecule has 4 saturated heterocycles. The van der Waals surface area contributed by atoms with E-state index in [9.17, 15) is 57.8 Å². The Balaban J connectivity index is 0.795. The molecule has 0 aliphatic carbocycles. The number of nitrogens with one attached hydrogen (secondary N) is 7. The van der Waals surface area contributed by atoms with Crippen molar-refractivity contribution in [3.05, 3.63) is 108 Å². The Labute approximate surface area is 603 Å². The molecule has 11 atom stereocenters. The summed E-state index contributed by atoms with van der Waals surface area (Å²) in [5.74, 6) is -6.05. The van der Waals surface area contributed by atoms with E-state index in [1.807, 2.05) is 60.7 Å². The number of hydrogen-bond acceptors (Lipinski definition) is 18. The fourth-order valence-corrected chi connectivity index (χ4v) is 13.3. The molecule has 8 N–H and O–H groups in total. The Kier molecular flexibility index (Phi) is 31.0. The lowest BCUT2D eigenvalue weighted by Gasteiger charge is -2.34. The maximum atomic E-state index is 14.9. The van der Waals surface area contributed by atoms with E-state index >= 15 is 0 Å². The highest BCUT2D eigenvalue weighted by atomic mass is 16.6. The lowest BCUT2D eigenvalue weighted by molar-refractivity contribution is -0.145. The van der Waals surface area contributed by atoms with Crippen molar-refractivity contribution in [2.24, 2.45) is 11.8 Å². The maximum absolute atomic E-state index is 14.9. The van der Waals surface area contributed by atoms with Gasteiger partial charge in [0.15, 0.2) is 0 Å². The molecule has 3 aromatic carbocycles. The first-order chi connectivity index (χ1) is 49.1. The van der Waals surface area contributed by atoms with Gasteiger partial charge in [-0.1, -0.05) is 97.9 Å². The molecule has 3 aromatic rings. The van der Waals surface area contributed by atoms with Gasteiger partial charge in [0.2, 0.25) is 53.2 Å². The van der Waals surface area contributed by atoms with E-state index in [2.05, 4.69) is 37.2 Å². The molecule has 4 fully saturated rings. The summed E-state index contributed by atoms with van der Waals surface area (Å²) in [4.78, 5) is 157. The molecule has 0 radical (unpaired) electrons. The third-order valence-electron chi connectivity index (χ3n) is 18.8. The molecule has 11 amide bonds. The number of fused-ring (bicyclic) bond motifs is 2. The van der Waals surface area contributed by atoms with Crippen LogP contribution in [0.2, 0.25) is 0 Å². The predicted molar refractivity (Wildman–Crippen MR) is 378 cm³/mol. The van der Waals surface area contributed by atoms with E-state index in [-0.39, 0.29) is 83.7 Å². The molecule has 4 heterocycles. The Bertz CT molecular complexity index is 3280. The summed E-state index contributed by atoms with van der Waals surface area (Å²) in [6.45, 7) is 13.4. The summed E-state index contributed by atoms with van der Waals surface area (Å²) in [6, 6.07) is 19.1. The van der Waals surface area contributed by atoms with Gasteiger partial charge < -0.3 is 80.5 Å². The van der Waals surface area contributed by atoms with Gasteiger partial charge in [0, 0.05) is 64.3 Å². The molecule has 0 aromatic heterocycles. The number of carbonyl (C=O) groups excluding carboxylic acids is 11. The average molecular weight is 1440 g/mol. The summed E-state index contributed by atoms with van der Waals surface area (Å²) < 4.78 is 33.3. The van der Waals surface area contributed by atoms with Gasteiger partial charge in [-0.05, 0) is 123 Å². The smallest absolute Gasteiger partial charge is 0.410 e. The summed E-state index contributed by atoms with van der Waals surface area (Å²) in [5.41, 5.74) is 0.565. The molecule has 29 nitrogen and oxygen atoms in total. The second-order valence-corrected chi connectivity index (χ2v) is 28.5. The quantitative estimate of drug-likeness (QED) is 0.0396. The van der Waals surface area contributed by atoms with Gasteiger partial charge in [0.1, 0.15) is 66.7 Å². The van der Waals surface area contributed by atoms with Gasteiger partial charge in [-0.2, -0.15) is 0 Å². The highest BCUT2D eigenvalue weighted by Gasteiger charge is 2.51. The first-order valence-corrected chi connectivity index (χ1v) is 35.8. The van der Waals surface area contributed by atoms with Crippen LogP contribution in [0.1, 0.15) is 142 Å². The van der Waals surface area contributed by atoms with Crippen molar-refractivity contribution < 1.29 is 86.3 Å². The van der Waals surface area contributed by atoms with Gasteiger partial charge in [-0.3, -0.25) is 53.0 Å². The van der Waals surface area contributed by atoms with Crippen molar-refractivity contribution >= 4 is 65.4 Å². The van der Waals surface area contributed by atoms with Crippen LogP contribution in [0.4, 0.5) is 9.59 Å². The van der Waals surface area contributed by atoms with Crippen LogP contribution in [0, 0.1) is 11.8 Å². The second kappa shape index (κ2) is 39.2. The summed E-state index contributed by atoms with van der Waals surface area (Å²) in [6.07, 6.45) is 2.23. The Morgan fingerprint density at radius 3 is 1.44 bits per heavy atom. The Hall–Kier alpha value is -8.77. The number of amides is 11. The topological polar surface area (TPSA) is 361 Å². The van der Waals surface area contributed by atoms with Crippen molar-refractivity contribution in [2.45, 2.75) is 185 Å². The zero-order chi connectivity index (χ0) is 75.0. The zero-order valence-electron chi connectivity index (χ0n) is 61.1. The van der Waals surface area contributed by atoms with Crippen LogP contribution in [0.3, 0.4) is 0 Å². The lowest BCUT2D eigenvalue weighted by atomic mass is 9.92. The first kappa shape index (κ1) is 81.5. The Morgan fingerprint density at radius 2 is 0.942 bits per heavy atom. The number of aliphatic hydroxyl groups is 1. The van der Waals surface area contributed by atoms with Crippen molar-refractivity contribution in [3.63, 3.8) is 0 Å². The van der Waals surface area contributed by atoms with Crippen LogP contribution in [-0.2, 0) is 71.6 Å². The molecule has 7 rings (SSSR count). The summed E-state index contributed by atoms with van der Waals surface area (Å²) >= 11 is 0. The first-order valence-electron chi connectivity index (χ1n) is 35.8. The van der Waals surface area contributed by atoms with Gasteiger partial charge >= 0.3 is 12.2 Å². The standard InChI is InChI=1S/C74H107N11O18/c1-11-55(83(10)72(97)103-74(6,7)8)65(90)81-63-52(44-86)28-30-54-32-34-57(85(54)70(63)95)67(92)79-61(50-25-19-14-20-26-50)68(93)76-36-38-99-40-42-100-41-39-98-37-35-75-58(87)45-101-46-59(88)77-43-51-27-29-53-31-33-56(66(91)78-60(48-21-15-12-16-22-48)49-23-17-13-18-24-49)84(53)69(94)62(51)80-64(89)47(2)82(9)71(96)102-73(3,4)5/h12-26,47,51-57,60-63,86H,11,27-46H2,1-10H3,(H,75,87)(H,76,93)(H,77,88)(H,78,91)(H,79,92)(H,80,89)(H,81,90)/t47-,51+,52+,53-,54-,55-,56-,57-,61-,62-,63-/m0/s1. The number of ether oxygens (including phenoxy) is 6. The number of benzene rings is 3. The van der Waals surface area contributed by atoms with E-state index < -0.39 is 151 Å². The highest BCUT2D eigenvalue weighted by molar-refractivity contribution is 5.97. The fourth-order valence-electron chi connectivity index (χ4n) is 13.3. The molecule has 0 spiro atoms. The number of aliphatic hydroxyl groups excluding tert-OH is 1. The number of likely N-dealkylation sites (N-methyl/N-ethyl adjacent to an activating group) is 2. The van der Waals surface area contributed by atoms with E-state index in [0.717, 1.165) is 16.0 Å². The normalized spacial score (nSPS) is 21.2. The molecule has 0 saturated carbocycles. The molecule has 4 aliphatic rings. The summed E-state index contributed by atoms with van der Waals surface area (Å²) in [7, 11) is 2.87. The minimum atomic E-state index is -1.20. The molecule has 103 heavy (non-hydrogen) atoms. The van der Waals surface area contributed by atoms with Crippen LogP contribution in [0.25, 0.3) is 0 Å². The third kappa shape index (κ3) is 23.9. The second-order valence-electron chi connectivity index (χ2n) is 28.5. The van der Waals surface area contributed by atoms with E-state index in [4.69, 9.17) is 28.4 Å². The number of nitrogens with zero attached hydrogens (tertiary/aromatic N) is 4. The minimum absolute atomic E-state index is 0.0600. The largest absolute Gasteiger partial charge is 0.444 e. The van der Waals surface area contributed by atoms with E-state index in [0.29, 0.717) is 56.9 Å². The summed E-state index contributed by atoms with van der Waals surface area (Å²) in [5, 5.41) is 30.5. The van der Waals surface area contributed by atoms with Crippen molar-refractivity contribution in [1.29, 1.82) is 0 Å². The van der Waals surface area contributed by atoms with Gasteiger partial charge in [-0.15, -0.1) is 0 Å². The highest BCUT2D eigenvalue weighted by Crippen LogP contribution is 2.37. The van der Waals surface area contributed by atoms with E-state index in [1.165, 1.54) is 30.8 Å². The number of hydrogen-bond donors (Lipinski definition) is 8. The minimum Gasteiger partial charge on any atom is -0.444 e. The Morgan fingerprint density at radius 1 is 0.515 bits per heavy atom. The van der Waals surface area contributed by atoms with Crippen LogP contribution >= 0.6 is 0 Å². The zero-order valence-corrected chi connectivity index (χ0v) is 61.1. The van der Waals surface area contributed by atoms with Gasteiger partial charge in [0.25, 0.3) is 0 Å². The molecule has 0 unspecified atom stereocenters. The van der Waals surface area contributed by atoms with Gasteiger partial charge in [0.05, 0.1) is 45.7 Å². The molecular weight excluding hydrogens is 1330 g/mol. The van der Waals surface area contributed by atoms with E-state index in [1.54, 1.807) is 83.7 Å². The monoisotopic (exact) mass is 1440 g/mol. The van der Waals surface area contributed by atoms with Crippen LogP contribution in [-0.4, -0.2) is 243 Å². The molecule has 0 bridgehead atoms. The van der Waals surface area contributed by atoms with Crippen molar-refractivity contribution in [1.82, 2.24) is 56.8 Å². The van der Waals surface area contributed by atoms with Crippen LogP contribution < -0.4 is 37.2 Å². The third-order valence-corrected chi connectivity index (χ3v) is 18.8. The fraction of sp³-hybridized carbons (Fsp3) is 0.608. The number of carbonyl (C=O) groups is 11. The molecular formula is C74H107N11O18. The number of rotatable bonds is 34. The lowest BCUT2D eigenvalue weighted by Crippen LogP contribution is -2.59. The molecule has 29 heteroatoms. The predicted octanol–water partition coefficient (Wildman–Crippen LogP) is 3.57. The van der Waals surface area contributed by atoms with Crippen LogP contribution in [0.5, 0.6) is 0 Å².